The highest BCUT2D eigenvalue weighted by atomic mass is 16.5. The molecule has 0 bridgehead atoms. The standard InChI is InChI=1S/C13H24N2O4/c1-4-5-10(11(16)17)8-14-12(18)15-6-7-19-13(2,3)9-15/h10H,4-9H2,1-3H3,(H,14,18)(H,16,17). The number of ether oxygens (including phenoxy) is 1. The molecule has 1 heterocycles. The average molecular weight is 272 g/mol. The van der Waals surface area contributed by atoms with Gasteiger partial charge in [0.1, 0.15) is 0 Å². The van der Waals surface area contributed by atoms with Crippen LogP contribution in [0.2, 0.25) is 0 Å². The van der Waals surface area contributed by atoms with Crippen LogP contribution in [-0.4, -0.2) is 53.8 Å². The molecule has 110 valence electrons. The van der Waals surface area contributed by atoms with Crippen molar-refractivity contribution in [3.63, 3.8) is 0 Å². The lowest BCUT2D eigenvalue weighted by molar-refractivity contribution is -0.141. The van der Waals surface area contributed by atoms with E-state index in [1.54, 1.807) is 4.90 Å². The van der Waals surface area contributed by atoms with Crippen molar-refractivity contribution in [2.24, 2.45) is 5.92 Å². The number of rotatable bonds is 5. The van der Waals surface area contributed by atoms with Gasteiger partial charge < -0.3 is 20.1 Å². The smallest absolute Gasteiger partial charge is 0.317 e. The first-order valence-corrected chi connectivity index (χ1v) is 6.75. The molecule has 2 N–H and O–H groups in total. The van der Waals surface area contributed by atoms with Crippen LogP contribution >= 0.6 is 0 Å². The maximum atomic E-state index is 12.0. The van der Waals surface area contributed by atoms with E-state index < -0.39 is 11.9 Å². The molecule has 0 radical (unpaired) electrons. The molecule has 0 aliphatic carbocycles. The first-order valence-electron chi connectivity index (χ1n) is 6.75. The Morgan fingerprint density at radius 1 is 1.47 bits per heavy atom. The average Bonchev–Trinajstić information content (AvgIpc) is 2.32. The lowest BCUT2D eigenvalue weighted by atomic mass is 10.0. The third kappa shape index (κ3) is 5.06. The van der Waals surface area contributed by atoms with Crippen molar-refractivity contribution in [1.82, 2.24) is 10.2 Å². The van der Waals surface area contributed by atoms with Gasteiger partial charge in [-0.25, -0.2) is 4.79 Å². The highest BCUT2D eigenvalue weighted by Gasteiger charge is 2.30. The molecule has 1 fully saturated rings. The fraction of sp³-hybridized carbons (Fsp3) is 0.846. The van der Waals surface area contributed by atoms with Gasteiger partial charge in [0.25, 0.3) is 0 Å². The van der Waals surface area contributed by atoms with Gasteiger partial charge in [0, 0.05) is 13.1 Å². The Morgan fingerprint density at radius 3 is 2.68 bits per heavy atom. The molecule has 1 unspecified atom stereocenters. The number of carbonyl (C=O) groups is 2. The van der Waals surface area contributed by atoms with E-state index in [2.05, 4.69) is 5.32 Å². The van der Waals surface area contributed by atoms with Crippen molar-refractivity contribution < 1.29 is 19.4 Å². The first-order chi connectivity index (χ1) is 8.85. The van der Waals surface area contributed by atoms with Gasteiger partial charge in [-0.1, -0.05) is 13.3 Å². The van der Waals surface area contributed by atoms with E-state index in [9.17, 15) is 9.59 Å². The summed E-state index contributed by atoms with van der Waals surface area (Å²) < 4.78 is 5.53. The number of nitrogens with one attached hydrogen (secondary N) is 1. The Labute approximate surface area is 114 Å². The fourth-order valence-electron chi connectivity index (χ4n) is 2.17. The summed E-state index contributed by atoms with van der Waals surface area (Å²) in [6.45, 7) is 7.55. The Hall–Kier alpha value is -1.30. The summed E-state index contributed by atoms with van der Waals surface area (Å²) >= 11 is 0. The van der Waals surface area contributed by atoms with E-state index in [0.717, 1.165) is 6.42 Å². The van der Waals surface area contributed by atoms with E-state index in [1.165, 1.54) is 0 Å². The summed E-state index contributed by atoms with van der Waals surface area (Å²) in [7, 11) is 0. The molecule has 6 nitrogen and oxygen atoms in total. The van der Waals surface area contributed by atoms with Crippen molar-refractivity contribution in [2.45, 2.75) is 39.2 Å². The summed E-state index contributed by atoms with van der Waals surface area (Å²) in [6, 6.07) is -0.210. The second-order valence-corrected chi connectivity index (χ2v) is 5.54. The number of amides is 2. The molecule has 1 saturated heterocycles. The third-order valence-electron chi connectivity index (χ3n) is 3.20. The number of carboxylic acids is 1. The summed E-state index contributed by atoms with van der Waals surface area (Å²) in [5, 5.41) is 11.7. The third-order valence-corrected chi connectivity index (χ3v) is 3.20. The van der Waals surface area contributed by atoms with Crippen LogP contribution in [0.3, 0.4) is 0 Å². The Bertz CT molecular complexity index is 331. The SMILES string of the molecule is CCCC(CNC(=O)N1CCOC(C)(C)C1)C(=O)O. The number of urea groups is 1. The van der Waals surface area contributed by atoms with Crippen molar-refractivity contribution in [2.75, 3.05) is 26.2 Å². The molecule has 0 spiro atoms. The number of morpholine rings is 1. The van der Waals surface area contributed by atoms with Gasteiger partial charge in [0.05, 0.1) is 24.7 Å². The van der Waals surface area contributed by atoms with Crippen LogP contribution < -0.4 is 5.32 Å². The van der Waals surface area contributed by atoms with Crippen molar-refractivity contribution in [1.29, 1.82) is 0 Å². The topological polar surface area (TPSA) is 78.9 Å². The van der Waals surface area contributed by atoms with Crippen LogP contribution in [0, 0.1) is 5.92 Å². The van der Waals surface area contributed by atoms with E-state index in [-0.39, 0.29) is 18.2 Å². The van der Waals surface area contributed by atoms with Crippen LogP contribution in [0.5, 0.6) is 0 Å². The second kappa shape index (κ2) is 6.75. The van der Waals surface area contributed by atoms with Crippen LogP contribution in [0.25, 0.3) is 0 Å². The molecular formula is C13H24N2O4. The molecule has 1 aliphatic rings. The van der Waals surface area contributed by atoms with Crippen molar-refractivity contribution in [3.05, 3.63) is 0 Å². The summed E-state index contributed by atoms with van der Waals surface area (Å²) in [5.41, 5.74) is -0.342. The van der Waals surface area contributed by atoms with Crippen LogP contribution in [0.1, 0.15) is 33.6 Å². The molecule has 1 atom stereocenters. The minimum atomic E-state index is -0.857. The van der Waals surface area contributed by atoms with E-state index >= 15 is 0 Å². The molecule has 2 amide bonds. The summed E-state index contributed by atoms with van der Waals surface area (Å²) in [4.78, 5) is 24.7. The number of carboxylic acid groups (broad SMARTS) is 1. The number of hydrogen-bond donors (Lipinski definition) is 2. The molecule has 0 aromatic heterocycles. The molecule has 1 rings (SSSR count). The van der Waals surface area contributed by atoms with Gasteiger partial charge in [-0.15, -0.1) is 0 Å². The lowest BCUT2D eigenvalue weighted by Gasteiger charge is -2.38. The maximum absolute atomic E-state index is 12.0. The zero-order valence-electron chi connectivity index (χ0n) is 11.9. The largest absolute Gasteiger partial charge is 0.481 e. The van der Waals surface area contributed by atoms with E-state index in [1.807, 2.05) is 20.8 Å². The summed E-state index contributed by atoms with van der Waals surface area (Å²) in [6.07, 6.45) is 1.36. The number of nitrogens with zero attached hydrogens (tertiary/aromatic N) is 1. The van der Waals surface area contributed by atoms with Gasteiger partial charge in [0.2, 0.25) is 0 Å². The normalized spacial score (nSPS) is 19.8. The molecule has 6 heteroatoms. The molecule has 19 heavy (non-hydrogen) atoms. The molecular weight excluding hydrogens is 248 g/mol. The quantitative estimate of drug-likeness (QED) is 0.791. The predicted molar refractivity (Wildman–Crippen MR) is 71.0 cm³/mol. The lowest BCUT2D eigenvalue weighted by Crippen LogP contribution is -2.54. The van der Waals surface area contributed by atoms with Gasteiger partial charge in [-0.05, 0) is 20.3 Å². The molecule has 0 aromatic rings. The van der Waals surface area contributed by atoms with E-state index in [4.69, 9.17) is 9.84 Å². The minimum Gasteiger partial charge on any atom is -0.481 e. The molecule has 0 saturated carbocycles. The number of aliphatic carboxylic acids is 1. The Balaban J connectivity index is 2.43. The highest BCUT2D eigenvalue weighted by Crippen LogP contribution is 2.16. The van der Waals surface area contributed by atoms with Crippen LogP contribution in [0.4, 0.5) is 4.79 Å². The van der Waals surface area contributed by atoms with Crippen LogP contribution in [0.15, 0.2) is 0 Å². The van der Waals surface area contributed by atoms with Gasteiger partial charge >= 0.3 is 12.0 Å². The minimum absolute atomic E-state index is 0.180. The first kappa shape index (κ1) is 15.8. The predicted octanol–water partition coefficient (Wildman–Crippen LogP) is 1.31. The molecule has 1 aliphatic heterocycles. The number of carbonyl (C=O) groups excluding carboxylic acids is 1. The van der Waals surface area contributed by atoms with E-state index in [0.29, 0.717) is 26.1 Å². The maximum Gasteiger partial charge on any atom is 0.317 e. The second-order valence-electron chi connectivity index (χ2n) is 5.54. The highest BCUT2D eigenvalue weighted by molar-refractivity contribution is 5.76. The van der Waals surface area contributed by atoms with Gasteiger partial charge in [-0.2, -0.15) is 0 Å². The van der Waals surface area contributed by atoms with Crippen molar-refractivity contribution in [3.8, 4) is 0 Å². The number of hydrogen-bond acceptors (Lipinski definition) is 3. The van der Waals surface area contributed by atoms with Crippen molar-refractivity contribution >= 4 is 12.0 Å². The Kier molecular flexibility index (Phi) is 5.60. The van der Waals surface area contributed by atoms with Crippen LogP contribution in [-0.2, 0) is 9.53 Å². The monoisotopic (exact) mass is 272 g/mol. The van der Waals surface area contributed by atoms with Gasteiger partial charge in [-0.3, -0.25) is 4.79 Å². The zero-order chi connectivity index (χ0) is 14.5. The summed E-state index contributed by atoms with van der Waals surface area (Å²) in [5.74, 6) is -1.37. The fourth-order valence-corrected chi connectivity index (χ4v) is 2.17. The zero-order valence-corrected chi connectivity index (χ0v) is 11.9. The molecule has 0 aromatic carbocycles. The van der Waals surface area contributed by atoms with Gasteiger partial charge in [0.15, 0.2) is 0 Å². The Morgan fingerprint density at radius 2 is 2.16 bits per heavy atom.